The van der Waals surface area contributed by atoms with Gasteiger partial charge in [0.05, 0.1) is 18.9 Å². The van der Waals surface area contributed by atoms with Gasteiger partial charge in [0.1, 0.15) is 0 Å². The predicted molar refractivity (Wildman–Crippen MR) is 32.0 cm³/mol. The molecule has 0 aromatic carbocycles. The standard InChI is InChI=1S/C6H9N2/c1-2-8-6-4-7-3-5(1)6/h5-7H,1,3-4H2/q+1. The van der Waals surface area contributed by atoms with Crippen molar-refractivity contribution in [2.45, 2.75) is 12.5 Å². The Labute approximate surface area is 48.7 Å². The highest BCUT2D eigenvalue weighted by molar-refractivity contribution is 5.10. The summed E-state index contributed by atoms with van der Waals surface area (Å²) < 4.78 is 0. The summed E-state index contributed by atoms with van der Waals surface area (Å²) >= 11 is 0. The van der Waals surface area contributed by atoms with Crippen LogP contribution in [0, 0.1) is 12.0 Å². The molecule has 8 heavy (non-hydrogen) atoms. The van der Waals surface area contributed by atoms with Gasteiger partial charge in [0.25, 0.3) is 12.1 Å². The third-order valence-corrected chi connectivity index (χ3v) is 1.91. The van der Waals surface area contributed by atoms with Crippen LogP contribution in [0.4, 0.5) is 0 Å². The smallest absolute Gasteiger partial charge is 0.289 e. The van der Waals surface area contributed by atoms with Crippen LogP contribution in [-0.4, -0.2) is 19.1 Å². The molecule has 2 unspecified atom stereocenters. The minimum absolute atomic E-state index is 0.579. The van der Waals surface area contributed by atoms with Crippen molar-refractivity contribution in [3.05, 3.63) is 4.85 Å². The highest BCUT2D eigenvalue weighted by Crippen LogP contribution is 2.20. The largest absolute Gasteiger partial charge is 0.309 e. The van der Waals surface area contributed by atoms with Gasteiger partial charge in [0.15, 0.2) is 0 Å². The molecule has 0 aromatic rings. The van der Waals surface area contributed by atoms with E-state index in [0.29, 0.717) is 6.04 Å². The summed E-state index contributed by atoms with van der Waals surface area (Å²) in [5, 5.41) is 3.29. The van der Waals surface area contributed by atoms with Gasteiger partial charge in [0, 0.05) is 6.54 Å². The fourth-order valence-corrected chi connectivity index (χ4v) is 1.37. The van der Waals surface area contributed by atoms with Crippen molar-refractivity contribution in [3.63, 3.8) is 0 Å². The Bertz CT molecular complexity index is 154. The summed E-state index contributed by atoms with van der Waals surface area (Å²) in [7, 11) is 0. The van der Waals surface area contributed by atoms with Crippen molar-refractivity contribution in [3.8, 4) is 6.07 Å². The first-order valence-corrected chi connectivity index (χ1v) is 3.10. The summed E-state index contributed by atoms with van der Waals surface area (Å²) in [5.41, 5.74) is 0. The van der Waals surface area contributed by atoms with Crippen molar-refractivity contribution < 1.29 is 0 Å². The van der Waals surface area contributed by atoms with Crippen LogP contribution in [0.25, 0.3) is 4.85 Å². The number of hydrogen-bond acceptors (Lipinski definition) is 1. The van der Waals surface area contributed by atoms with Gasteiger partial charge in [-0.25, -0.2) is 0 Å². The molecule has 0 aliphatic carbocycles. The molecule has 2 nitrogen and oxygen atoms in total. The summed E-state index contributed by atoms with van der Waals surface area (Å²) in [6.07, 6.45) is 1.08. The van der Waals surface area contributed by atoms with Gasteiger partial charge in [-0.05, 0) is 0 Å². The second kappa shape index (κ2) is 1.46. The monoisotopic (exact) mass is 109 g/mol. The Morgan fingerprint density at radius 3 is 3.38 bits per heavy atom. The van der Waals surface area contributed by atoms with Crippen molar-refractivity contribution in [1.29, 1.82) is 0 Å². The van der Waals surface area contributed by atoms with E-state index in [4.69, 9.17) is 0 Å². The fraction of sp³-hybridized carbons (Fsp3) is 0.833. The number of hydrogen-bond donors (Lipinski definition) is 1. The summed E-state index contributed by atoms with van der Waals surface area (Å²) in [5.74, 6) is 0.787. The van der Waals surface area contributed by atoms with Crippen LogP contribution in [0.5, 0.6) is 0 Å². The minimum Gasteiger partial charge on any atom is -0.309 e. The highest BCUT2D eigenvalue weighted by Gasteiger charge is 2.38. The van der Waals surface area contributed by atoms with E-state index in [0.717, 1.165) is 25.4 Å². The normalized spacial score (nSPS) is 41.0. The lowest BCUT2D eigenvalue weighted by atomic mass is 10.0. The third kappa shape index (κ3) is 0.452. The Balaban J connectivity index is 2.16. The van der Waals surface area contributed by atoms with Crippen molar-refractivity contribution in [1.82, 2.24) is 5.32 Å². The topological polar surface area (TPSA) is 16.4 Å². The third-order valence-electron chi connectivity index (χ3n) is 1.91. The zero-order valence-corrected chi connectivity index (χ0v) is 4.72. The molecule has 1 N–H and O–H groups in total. The van der Waals surface area contributed by atoms with E-state index >= 15 is 0 Å². The molecule has 2 heteroatoms. The van der Waals surface area contributed by atoms with E-state index in [-0.39, 0.29) is 0 Å². The van der Waals surface area contributed by atoms with E-state index in [1.54, 1.807) is 0 Å². The first-order valence-electron chi connectivity index (χ1n) is 3.10. The predicted octanol–water partition coefficient (Wildman–Crippen LogP) is 0.311. The number of fused-ring (bicyclic) bond motifs is 1. The molecule has 0 bridgehead atoms. The lowest BCUT2D eigenvalue weighted by Crippen LogP contribution is -2.09. The lowest BCUT2D eigenvalue weighted by Gasteiger charge is -1.90. The van der Waals surface area contributed by atoms with E-state index in [2.05, 4.69) is 16.2 Å². The Hall–Kier alpha value is -0.550. The summed E-state index contributed by atoms with van der Waals surface area (Å²) in [4.78, 5) is 4.19. The van der Waals surface area contributed by atoms with Crippen LogP contribution in [0.3, 0.4) is 0 Å². The van der Waals surface area contributed by atoms with Crippen LogP contribution >= 0.6 is 0 Å². The average Bonchev–Trinajstić information content (AvgIpc) is 2.15. The van der Waals surface area contributed by atoms with Gasteiger partial charge in [-0.2, -0.15) is 0 Å². The molecule has 0 saturated carbocycles. The fourth-order valence-electron chi connectivity index (χ4n) is 1.37. The molecule has 0 aromatic heterocycles. The van der Waals surface area contributed by atoms with Crippen molar-refractivity contribution >= 4 is 0 Å². The second-order valence-electron chi connectivity index (χ2n) is 2.48. The molecular weight excluding hydrogens is 100 g/mol. The lowest BCUT2D eigenvalue weighted by molar-refractivity contribution is 0.599. The van der Waals surface area contributed by atoms with E-state index < -0.39 is 0 Å². The SMILES string of the molecule is C1#[N+]C2CNCC2C1. The van der Waals surface area contributed by atoms with Crippen LogP contribution in [0.2, 0.25) is 0 Å². The minimum atomic E-state index is 0.579. The second-order valence-corrected chi connectivity index (χ2v) is 2.48. The average molecular weight is 109 g/mol. The molecule has 2 heterocycles. The number of rotatable bonds is 0. The molecule has 2 rings (SSSR count). The molecule has 1 saturated heterocycles. The zero-order chi connectivity index (χ0) is 5.40. The first-order chi connectivity index (χ1) is 3.97. The van der Waals surface area contributed by atoms with Crippen LogP contribution < -0.4 is 5.32 Å². The molecule has 2 aliphatic heterocycles. The van der Waals surface area contributed by atoms with E-state index in [1.807, 2.05) is 0 Å². The van der Waals surface area contributed by atoms with Gasteiger partial charge < -0.3 is 5.32 Å². The molecule has 42 valence electrons. The van der Waals surface area contributed by atoms with Crippen LogP contribution in [0.15, 0.2) is 0 Å². The Kier molecular flexibility index (Phi) is 0.793. The maximum atomic E-state index is 4.19. The quantitative estimate of drug-likeness (QED) is 0.473. The molecule has 0 spiro atoms. The van der Waals surface area contributed by atoms with Gasteiger partial charge in [-0.15, -0.1) is 0 Å². The number of nitrogens with zero attached hydrogens (tertiary/aromatic N) is 1. The maximum Gasteiger partial charge on any atom is 0.289 e. The van der Waals surface area contributed by atoms with Gasteiger partial charge >= 0.3 is 0 Å². The Morgan fingerprint density at radius 1 is 1.50 bits per heavy atom. The maximum absolute atomic E-state index is 4.19. The molecule has 1 fully saturated rings. The van der Waals surface area contributed by atoms with Crippen LogP contribution in [0.1, 0.15) is 6.42 Å². The summed E-state index contributed by atoms with van der Waals surface area (Å²) in [6.45, 7) is 2.23. The van der Waals surface area contributed by atoms with Crippen molar-refractivity contribution in [2.75, 3.05) is 13.1 Å². The summed E-state index contributed by atoms with van der Waals surface area (Å²) in [6, 6.07) is 3.59. The Morgan fingerprint density at radius 2 is 2.50 bits per heavy atom. The van der Waals surface area contributed by atoms with Gasteiger partial charge in [-0.1, -0.05) is 4.85 Å². The zero-order valence-electron chi connectivity index (χ0n) is 4.72. The molecule has 2 aliphatic rings. The molecule has 0 amide bonds. The van der Waals surface area contributed by atoms with Gasteiger partial charge in [0.2, 0.25) is 0 Å². The highest BCUT2D eigenvalue weighted by atomic mass is 15.0. The number of nitrogens with one attached hydrogen (secondary N) is 1. The van der Waals surface area contributed by atoms with Crippen LogP contribution in [-0.2, 0) is 0 Å². The first kappa shape index (κ1) is 4.34. The molecular formula is C6H9N2+. The van der Waals surface area contributed by atoms with E-state index in [9.17, 15) is 0 Å². The van der Waals surface area contributed by atoms with Gasteiger partial charge in [-0.3, -0.25) is 0 Å². The molecule has 2 atom stereocenters. The van der Waals surface area contributed by atoms with E-state index in [1.165, 1.54) is 0 Å². The molecule has 0 radical (unpaired) electrons. The van der Waals surface area contributed by atoms with Crippen molar-refractivity contribution in [2.24, 2.45) is 5.92 Å².